The number of ether oxygens (including phenoxy) is 1. The number of methoxy groups -OCH3 is 1. The molecule has 23 heavy (non-hydrogen) atoms. The second kappa shape index (κ2) is 7.79. The average Bonchev–Trinajstić information content (AvgIpc) is 2.39. The van der Waals surface area contributed by atoms with E-state index in [0.29, 0.717) is 17.9 Å². The Bertz CT molecular complexity index is 618. The predicted molar refractivity (Wildman–Crippen MR) is 92.3 cm³/mol. The molecule has 0 aliphatic heterocycles. The number of anilines is 1. The van der Waals surface area contributed by atoms with Crippen LogP contribution in [0.5, 0.6) is 0 Å². The third-order valence-corrected chi connectivity index (χ3v) is 5.88. The van der Waals surface area contributed by atoms with Crippen molar-refractivity contribution in [2.24, 2.45) is 0 Å². The van der Waals surface area contributed by atoms with Crippen molar-refractivity contribution in [1.29, 1.82) is 0 Å². The van der Waals surface area contributed by atoms with Gasteiger partial charge in [0, 0.05) is 12.8 Å². The Morgan fingerprint density at radius 3 is 2.26 bits per heavy atom. The van der Waals surface area contributed by atoms with E-state index in [1.165, 1.54) is 0 Å². The highest BCUT2D eigenvalue weighted by Crippen LogP contribution is 2.21. The summed E-state index contributed by atoms with van der Waals surface area (Å²) in [6.07, 6.45) is 0. The van der Waals surface area contributed by atoms with Crippen LogP contribution in [0.2, 0.25) is 0 Å². The van der Waals surface area contributed by atoms with Crippen molar-refractivity contribution in [3.63, 3.8) is 0 Å². The molecule has 2 amide bonds. The van der Waals surface area contributed by atoms with Gasteiger partial charge >= 0.3 is 6.03 Å². The largest absolute Gasteiger partial charge is 0.383 e. The van der Waals surface area contributed by atoms with Crippen molar-refractivity contribution in [3.8, 4) is 0 Å². The number of sulfone groups is 1. The van der Waals surface area contributed by atoms with E-state index in [1.54, 1.807) is 52.1 Å². The Hall–Kier alpha value is -1.60. The number of rotatable bonds is 6. The topological polar surface area (TPSA) is 84.5 Å². The molecule has 130 valence electrons. The molecule has 1 rings (SSSR count). The summed E-state index contributed by atoms with van der Waals surface area (Å²) in [5.74, 6) is -0.0200. The summed E-state index contributed by atoms with van der Waals surface area (Å²) in [5.41, 5.74) is 1.29. The third kappa shape index (κ3) is 6.19. The van der Waals surface area contributed by atoms with Gasteiger partial charge in [-0.15, -0.1) is 0 Å². The lowest BCUT2D eigenvalue weighted by atomic mass is 10.2. The molecule has 0 heterocycles. The monoisotopic (exact) mass is 342 g/mol. The van der Waals surface area contributed by atoms with E-state index in [4.69, 9.17) is 4.74 Å². The zero-order valence-electron chi connectivity index (χ0n) is 14.3. The molecule has 1 atom stereocenters. The maximum atomic E-state index is 12.2. The van der Waals surface area contributed by atoms with Gasteiger partial charge in [0.1, 0.15) is 0 Å². The summed E-state index contributed by atoms with van der Waals surface area (Å²) in [6.45, 7) is 7.32. The van der Waals surface area contributed by atoms with E-state index in [0.717, 1.165) is 0 Å². The van der Waals surface area contributed by atoms with Crippen molar-refractivity contribution in [2.45, 2.75) is 44.2 Å². The minimum absolute atomic E-state index is 0.0200. The zero-order valence-corrected chi connectivity index (χ0v) is 15.2. The molecular formula is C16H26N2O4S. The minimum Gasteiger partial charge on any atom is -0.383 e. The maximum absolute atomic E-state index is 12.2. The second-order valence-corrected chi connectivity index (χ2v) is 9.27. The van der Waals surface area contributed by atoms with Crippen LogP contribution in [0.25, 0.3) is 0 Å². The summed E-state index contributed by atoms with van der Waals surface area (Å²) in [7, 11) is -1.65. The van der Waals surface area contributed by atoms with E-state index in [-0.39, 0.29) is 17.8 Å². The highest BCUT2D eigenvalue weighted by molar-refractivity contribution is 7.91. The van der Waals surface area contributed by atoms with Crippen molar-refractivity contribution in [3.05, 3.63) is 29.8 Å². The first-order valence-corrected chi connectivity index (χ1v) is 9.08. The average molecular weight is 342 g/mol. The van der Waals surface area contributed by atoms with Crippen LogP contribution in [0, 0.1) is 0 Å². The Morgan fingerprint density at radius 2 is 1.78 bits per heavy atom. The van der Waals surface area contributed by atoms with E-state index < -0.39 is 14.6 Å². The fraction of sp³-hybridized carbons (Fsp3) is 0.562. The SMILES string of the molecule is COCC(C)NC(=O)Nc1ccc(CS(=O)(=O)C(C)(C)C)cc1. The molecule has 6 nitrogen and oxygen atoms in total. The van der Waals surface area contributed by atoms with Crippen molar-refractivity contribution in [1.82, 2.24) is 5.32 Å². The van der Waals surface area contributed by atoms with Gasteiger partial charge in [-0.1, -0.05) is 12.1 Å². The van der Waals surface area contributed by atoms with Crippen LogP contribution < -0.4 is 10.6 Å². The molecule has 1 unspecified atom stereocenters. The molecule has 7 heteroatoms. The van der Waals surface area contributed by atoms with Gasteiger partial charge in [0.05, 0.1) is 23.1 Å². The van der Waals surface area contributed by atoms with Gasteiger partial charge in [-0.05, 0) is 45.4 Å². The molecule has 1 aromatic rings. The van der Waals surface area contributed by atoms with Gasteiger partial charge in [-0.25, -0.2) is 13.2 Å². The van der Waals surface area contributed by atoms with Crippen LogP contribution >= 0.6 is 0 Å². The number of urea groups is 1. The van der Waals surface area contributed by atoms with Gasteiger partial charge in [0.2, 0.25) is 0 Å². The molecule has 0 saturated carbocycles. The van der Waals surface area contributed by atoms with Crippen LogP contribution in [-0.4, -0.2) is 39.0 Å². The highest BCUT2D eigenvalue weighted by atomic mass is 32.2. The van der Waals surface area contributed by atoms with Crippen LogP contribution in [0.3, 0.4) is 0 Å². The minimum atomic E-state index is -3.22. The molecule has 0 fully saturated rings. The highest BCUT2D eigenvalue weighted by Gasteiger charge is 2.28. The number of benzene rings is 1. The molecule has 1 aromatic carbocycles. The van der Waals surface area contributed by atoms with E-state index in [1.807, 2.05) is 6.92 Å². The molecular weight excluding hydrogens is 316 g/mol. The summed E-state index contributed by atoms with van der Waals surface area (Å²) in [4.78, 5) is 11.8. The standard InChI is InChI=1S/C16H26N2O4S/c1-12(10-22-5)17-15(19)18-14-8-6-13(7-9-14)11-23(20,21)16(2,3)4/h6-9,12H,10-11H2,1-5H3,(H2,17,18,19). The molecule has 2 N–H and O–H groups in total. The number of amides is 2. The first-order chi connectivity index (χ1) is 10.5. The lowest BCUT2D eigenvalue weighted by Crippen LogP contribution is -2.38. The Morgan fingerprint density at radius 1 is 1.22 bits per heavy atom. The fourth-order valence-electron chi connectivity index (χ4n) is 1.80. The number of hydrogen-bond donors (Lipinski definition) is 2. The second-order valence-electron chi connectivity index (χ2n) is 6.52. The van der Waals surface area contributed by atoms with Crippen LogP contribution in [-0.2, 0) is 20.3 Å². The Labute approximate surface area is 138 Å². The first-order valence-electron chi connectivity index (χ1n) is 7.43. The van der Waals surface area contributed by atoms with Crippen molar-refractivity contribution < 1.29 is 17.9 Å². The zero-order chi connectivity index (χ0) is 17.7. The van der Waals surface area contributed by atoms with Crippen LogP contribution in [0.4, 0.5) is 10.5 Å². The van der Waals surface area contributed by atoms with Gasteiger partial charge in [-0.3, -0.25) is 0 Å². The molecule has 0 radical (unpaired) electrons. The summed E-state index contributed by atoms with van der Waals surface area (Å²) >= 11 is 0. The van der Waals surface area contributed by atoms with Gasteiger partial charge in [0.25, 0.3) is 0 Å². The van der Waals surface area contributed by atoms with E-state index in [2.05, 4.69) is 10.6 Å². The molecule has 0 aliphatic rings. The van der Waals surface area contributed by atoms with Crippen molar-refractivity contribution in [2.75, 3.05) is 19.0 Å². The predicted octanol–water partition coefficient (Wildman–Crippen LogP) is 2.56. The van der Waals surface area contributed by atoms with Gasteiger partial charge < -0.3 is 15.4 Å². The van der Waals surface area contributed by atoms with E-state index in [9.17, 15) is 13.2 Å². The van der Waals surface area contributed by atoms with E-state index >= 15 is 0 Å². The summed E-state index contributed by atoms with van der Waals surface area (Å²) in [5, 5.41) is 5.43. The normalized spacial score (nSPS) is 13.4. The molecule has 0 saturated heterocycles. The number of nitrogens with one attached hydrogen (secondary N) is 2. The summed E-state index contributed by atoms with van der Waals surface area (Å²) < 4.78 is 28.5. The van der Waals surface area contributed by atoms with Crippen molar-refractivity contribution >= 4 is 21.6 Å². The lowest BCUT2D eigenvalue weighted by molar-refractivity contribution is 0.173. The molecule has 0 spiro atoms. The molecule has 0 aromatic heterocycles. The fourth-order valence-corrected chi connectivity index (χ4v) is 2.87. The molecule has 0 bridgehead atoms. The number of carbonyl (C=O) groups excluding carboxylic acids is 1. The van der Waals surface area contributed by atoms with Crippen LogP contribution in [0.1, 0.15) is 33.3 Å². The number of hydrogen-bond acceptors (Lipinski definition) is 4. The van der Waals surface area contributed by atoms with Gasteiger partial charge in [0.15, 0.2) is 9.84 Å². The van der Waals surface area contributed by atoms with Crippen LogP contribution in [0.15, 0.2) is 24.3 Å². The maximum Gasteiger partial charge on any atom is 0.319 e. The smallest absolute Gasteiger partial charge is 0.319 e. The molecule has 0 aliphatic carbocycles. The Kier molecular flexibility index (Phi) is 6.58. The number of carbonyl (C=O) groups is 1. The summed E-state index contributed by atoms with van der Waals surface area (Å²) in [6, 6.07) is 6.36. The Balaban J connectivity index is 2.66. The quantitative estimate of drug-likeness (QED) is 0.832. The lowest BCUT2D eigenvalue weighted by Gasteiger charge is -2.19. The third-order valence-electron chi connectivity index (χ3n) is 3.30. The first kappa shape index (κ1) is 19.4. The van der Waals surface area contributed by atoms with Gasteiger partial charge in [-0.2, -0.15) is 0 Å².